The number of terminal acetylenes is 1. The molecule has 1 aromatic heterocycles. The van der Waals surface area contributed by atoms with Crippen molar-refractivity contribution in [3.63, 3.8) is 0 Å². The second kappa shape index (κ2) is 5.99. The van der Waals surface area contributed by atoms with E-state index in [4.69, 9.17) is 12.2 Å². The van der Waals surface area contributed by atoms with Crippen LogP contribution in [-0.4, -0.2) is 27.1 Å². The van der Waals surface area contributed by atoms with Crippen LogP contribution in [0.4, 0.5) is 5.69 Å². The molecule has 0 aliphatic rings. The fourth-order valence-corrected chi connectivity index (χ4v) is 1.70. The number of aromatic amines is 1. The number of hydrogen-bond donors (Lipinski definition) is 3. The van der Waals surface area contributed by atoms with Crippen molar-refractivity contribution in [2.45, 2.75) is 19.4 Å². The van der Waals surface area contributed by atoms with Gasteiger partial charge in [-0.25, -0.2) is 4.98 Å². The maximum atomic E-state index is 11.9. The third-order valence-corrected chi connectivity index (χ3v) is 2.70. The molecule has 1 unspecified atom stereocenters. The summed E-state index contributed by atoms with van der Waals surface area (Å²) in [6.07, 6.45) is 5.34. The standard InChI is InChI=1S/C14H15N5O/c1-3-6-11(15)14(20)17-12-8-5-4-7-10(12)13-16-9(2)18-19-13/h1,4-5,7-8,11H,6,15H2,2H3,(H,17,20)(H,16,18,19). The maximum Gasteiger partial charge on any atom is 0.242 e. The Labute approximate surface area is 116 Å². The number of nitrogens with zero attached hydrogens (tertiary/aromatic N) is 2. The number of H-pyrrole nitrogens is 1. The predicted molar refractivity (Wildman–Crippen MR) is 76.6 cm³/mol. The van der Waals surface area contributed by atoms with Gasteiger partial charge >= 0.3 is 0 Å². The molecule has 0 aliphatic heterocycles. The molecule has 1 heterocycles. The highest BCUT2D eigenvalue weighted by Crippen LogP contribution is 2.24. The number of rotatable bonds is 4. The highest BCUT2D eigenvalue weighted by atomic mass is 16.2. The minimum absolute atomic E-state index is 0.188. The van der Waals surface area contributed by atoms with Crippen molar-refractivity contribution < 1.29 is 4.79 Å². The first kappa shape index (κ1) is 13.8. The number of aryl methyl sites for hydroxylation is 1. The van der Waals surface area contributed by atoms with E-state index in [-0.39, 0.29) is 12.3 Å². The molecule has 20 heavy (non-hydrogen) atoms. The van der Waals surface area contributed by atoms with Crippen LogP contribution in [0.5, 0.6) is 0 Å². The van der Waals surface area contributed by atoms with E-state index >= 15 is 0 Å². The Hall–Kier alpha value is -2.65. The quantitative estimate of drug-likeness (QED) is 0.723. The van der Waals surface area contributed by atoms with Gasteiger partial charge in [0.25, 0.3) is 0 Å². The molecule has 4 N–H and O–H groups in total. The summed E-state index contributed by atoms with van der Waals surface area (Å²) in [5.41, 5.74) is 7.00. The Morgan fingerprint density at radius 3 is 2.95 bits per heavy atom. The van der Waals surface area contributed by atoms with Crippen LogP contribution in [0.15, 0.2) is 24.3 Å². The molecular weight excluding hydrogens is 254 g/mol. The molecule has 2 aromatic rings. The molecule has 0 radical (unpaired) electrons. The topological polar surface area (TPSA) is 96.7 Å². The Morgan fingerprint density at radius 2 is 2.30 bits per heavy atom. The molecular formula is C14H15N5O. The fraction of sp³-hybridized carbons (Fsp3) is 0.214. The van der Waals surface area contributed by atoms with Gasteiger partial charge in [0, 0.05) is 12.0 Å². The third-order valence-electron chi connectivity index (χ3n) is 2.70. The summed E-state index contributed by atoms with van der Waals surface area (Å²) in [4.78, 5) is 16.2. The molecule has 0 fully saturated rings. The number of carbonyl (C=O) groups is 1. The van der Waals surface area contributed by atoms with E-state index in [0.29, 0.717) is 17.3 Å². The van der Waals surface area contributed by atoms with E-state index in [1.807, 2.05) is 18.2 Å². The number of nitrogens with two attached hydrogens (primary N) is 1. The van der Waals surface area contributed by atoms with Crippen molar-refractivity contribution in [2.24, 2.45) is 5.73 Å². The molecule has 1 atom stereocenters. The van der Waals surface area contributed by atoms with Gasteiger partial charge in [-0.2, -0.15) is 5.10 Å². The zero-order chi connectivity index (χ0) is 14.5. The van der Waals surface area contributed by atoms with Crippen LogP contribution in [0, 0.1) is 19.3 Å². The van der Waals surface area contributed by atoms with Gasteiger partial charge in [-0.1, -0.05) is 12.1 Å². The lowest BCUT2D eigenvalue weighted by molar-refractivity contribution is -0.117. The number of amides is 1. The zero-order valence-electron chi connectivity index (χ0n) is 11.1. The maximum absolute atomic E-state index is 11.9. The molecule has 0 saturated carbocycles. The van der Waals surface area contributed by atoms with Gasteiger partial charge in [0.15, 0.2) is 5.82 Å². The van der Waals surface area contributed by atoms with E-state index < -0.39 is 6.04 Å². The zero-order valence-corrected chi connectivity index (χ0v) is 11.1. The molecule has 0 bridgehead atoms. The minimum atomic E-state index is -0.734. The number of hydrogen-bond acceptors (Lipinski definition) is 4. The second-order valence-corrected chi connectivity index (χ2v) is 4.29. The number of anilines is 1. The number of nitrogens with one attached hydrogen (secondary N) is 2. The first-order chi connectivity index (χ1) is 9.61. The molecule has 6 heteroatoms. The Bertz CT molecular complexity index is 656. The minimum Gasteiger partial charge on any atom is -0.324 e. The summed E-state index contributed by atoms with van der Waals surface area (Å²) in [5.74, 6) is 3.25. The fourth-order valence-electron chi connectivity index (χ4n) is 1.70. The highest BCUT2D eigenvalue weighted by Gasteiger charge is 2.15. The lowest BCUT2D eigenvalue weighted by atomic mass is 10.1. The number of aromatic nitrogens is 3. The lowest BCUT2D eigenvalue weighted by Crippen LogP contribution is -2.35. The van der Waals surface area contributed by atoms with Crippen molar-refractivity contribution in [3.8, 4) is 23.7 Å². The summed E-state index contributed by atoms with van der Waals surface area (Å²) < 4.78 is 0. The van der Waals surface area contributed by atoms with Crippen LogP contribution in [-0.2, 0) is 4.79 Å². The van der Waals surface area contributed by atoms with Gasteiger partial charge in [-0.3, -0.25) is 9.89 Å². The SMILES string of the molecule is C#CCC(N)C(=O)Nc1ccccc1-c1n[nH]c(C)n1. The average Bonchev–Trinajstić information content (AvgIpc) is 2.86. The van der Waals surface area contributed by atoms with Crippen LogP contribution in [0.2, 0.25) is 0 Å². The molecule has 0 aliphatic carbocycles. The van der Waals surface area contributed by atoms with E-state index in [9.17, 15) is 4.79 Å². The van der Waals surface area contributed by atoms with E-state index in [0.717, 1.165) is 5.56 Å². The van der Waals surface area contributed by atoms with Crippen LogP contribution in [0.25, 0.3) is 11.4 Å². The van der Waals surface area contributed by atoms with Crippen LogP contribution >= 0.6 is 0 Å². The second-order valence-electron chi connectivity index (χ2n) is 4.29. The van der Waals surface area contributed by atoms with Gasteiger partial charge in [0.1, 0.15) is 5.82 Å². The van der Waals surface area contributed by atoms with E-state index in [1.54, 1.807) is 13.0 Å². The molecule has 6 nitrogen and oxygen atoms in total. The first-order valence-electron chi connectivity index (χ1n) is 6.10. The van der Waals surface area contributed by atoms with Gasteiger partial charge in [0.2, 0.25) is 5.91 Å². The highest BCUT2D eigenvalue weighted by molar-refractivity contribution is 5.97. The first-order valence-corrected chi connectivity index (χ1v) is 6.10. The smallest absolute Gasteiger partial charge is 0.242 e. The summed E-state index contributed by atoms with van der Waals surface area (Å²) in [5, 5.41) is 9.60. The number of para-hydroxylation sites is 1. The largest absolute Gasteiger partial charge is 0.324 e. The molecule has 0 spiro atoms. The van der Waals surface area contributed by atoms with Crippen LogP contribution < -0.4 is 11.1 Å². The van der Waals surface area contributed by atoms with Crippen molar-refractivity contribution in [1.29, 1.82) is 0 Å². The predicted octanol–water partition coefficient (Wildman–Crippen LogP) is 1.07. The van der Waals surface area contributed by atoms with Crippen molar-refractivity contribution in [1.82, 2.24) is 15.2 Å². The average molecular weight is 269 g/mol. The van der Waals surface area contributed by atoms with Gasteiger partial charge < -0.3 is 11.1 Å². The van der Waals surface area contributed by atoms with Crippen molar-refractivity contribution in [3.05, 3.63) is 30.1 Å². The number of carbonyl (C=O) groups excluding carboxylic acids is 1. The van der Waals surface area contributed by atoms with E-state index in [2.05, 4.69) is 26.4 Å². The third kappa shape index (κ3) is 3.02. The van der Waals surface area contributed by atoms with E-state index in [1.165, 1.54) is 0 Å². The summed E-state index contributed by atoms with van der Waals surface area (Å²) in [7, 11) is 0. The van der Waals surface area contributed by atoms with Crippen LogP contribution in [0.1, 0.15) is 12.2 Å². The van der Waals surface area contributed by atoms with Crippen LogP contribution in [0.3, 0.4) is 0 Å². The van der Waals surface area contributed by atoms with Gasteiger partial charge in [-0.05, 0) is 19.1 Å². The Balaban J connectivity index is 2.25. The van der Waals surface area contributed by atoms with Crippen molar-refractivity contribution in [2.75, 3.05) is 5.32 Å². The van der Waals surface area contributed by atoms with Gasteiger partial charge in [-0.15, -0.1) is 12.3 Å². The van der Waals surface area contributed by atoms with Crippen molar-refractivity contribution >= 4 is 11.6 Å². The monoisotopic (exact) mass is 269 g/mol. The van der Waals surface area contributed by atoms with Gasteiger partial charge in [0.05, 0.1) is 11.7 Å². The molecule has 1 aromatic carbocycles. The Morgan fingerprint density at radius 1 is 1.55 bits per heavy atom. The summed E-state index contributed by atoms with van der Waals surface area (Å²) in [6.45, 7) is 1.81. The molecule has 2 rings (SSSR count). The molecule has 102 valence electrons. The molecule has 0 saturated heterocycles. The summed E-state index contributed by atoms with van der Waals surface area (Å²) >= 11 is 0. The normalized spacial score (nSPS) is 11.7. The lowest BCUT2D eigenvalue weighted by Gasteiger charge is -2.12. The number of benzene rings is 1. The molecule has 1 amide bonds. The summed E-state index contributed by atoms with van der Waals surface area (Å²) in [6, 6.07) is 6.51. The Kier molecular flexibility index (Phi) is 4.13.